The standard InChI is InChI=1S/C40H43N3O8/c1-23-24(2)41-16-15-31(23)26-9-7-25(8-10-26)17-32(38(46)48-6)42-37(45)33-18-28-19-34-35(20-29(28)21-43(33)39(47)51-40(3,4)5)50-36(22-49-34)27-11-13-30(44)14-12-27/h7-16,19-20,32-33,36,44H,17-18,21-22H2,1-6H3,(H,42,45). The summed E-state index contributed by atoms with van der Waals surface area (Å²) in [6.07, 6.45) is 1.08. The highest BCUT2D eigenvalue weighted by Gasteiger charge is 2.40. The summed E-state index contributed by atoms with van der Waals surface area (Å²) < 4.78 is 23.2. The molecule has 11 heteroatoms. The third-order valence-electron chi connectivity index (χ3n) is 9.21. The van der Waals surface area contributed by atoms with E-state index in [1.165, 1.54) is 12.0 Å². The molecular weight excluding hydrogens is 650 g/mol. The van der Waals surface area contributed by atoms with Crippen LogP contribution in [0.15, 0.2) is 72.9 Å². The van der Waals surface area contributed by atoms with Crippen LogP contribution >= 0.6 is 0 Å². The predicted octanol–water partition coefficient (Wildman–Crippen LogP) is 6.15. The largest absolute Gasteiger partial charge is 0.508 e. The van der Waals surface area contributed by atoms with Crippen molar-refractivity contribution >= 4 is 18.0 Å². The molecule has 0 saturated heterocycles. The Morgan fingerprint density at radius 3 is 2.39 bits per heavy atom. The summed E-state index contributed by atoms with van der Waals surface area (Å²) in [7, 11) is 1.28. The zero-order valence-corrected chi connectivity index (χ0v) is 29.7. The molecule has 266 valence electrons. The summed E-state index contributed by atoms with van der Waals surface area (Å²) in [5, 5.41) is 12.6. The zero-order chi connectivity index (χ0) is 36.4. The zero-order valence-electron chi connectivity index (χ0n) is 29.7. The number of nitrogens with one attached hydrogen (secondary N) is 1. The number of phenolic OH excluding ortho intramolecular Hbond substituents is 1. The van der Waals surface area contributed by atoms with Crippen molar-refractivity contribution in [2.45, 2.75) is 77.8 Å². The van der Waals surface area contributed by atoms with E-state index in [2.05, 4.69) is 10.3 Å². The van der Waals surface area contributed by atoms with Gasteiger partial charge in [0.15, 0.2) is 17.6 Å². The van der Waals surface area contributed by atoms with Gasteiger partial charge in [0.2, 0.25) is 5.91 Å². The summed E-state index contributed by atoms with van der Waals surface area (Å²) in [5.74, 6) is 0.0850. The van der Waals surface area contributed by atoms with Crippen LogP contribution in [0.5, 0.6) is 17.2 Å². The lowest BCUT2D eigenvalue weighted by Crippen LogP contribution is -2.56. The van der Waals surface area contributed by atoms with Crippen molar-refractivity contribution in [3.63, 3.8) is 0 Å². The third-order valence-corrected chi connectivity index (χ3v) is 9.21. The second-order valence-corrected chi connectivity index (χ2v) is 14.0. The molecule has 1 aromatic heterocycles. The van der Waals surface area contributed by atoms with Crippen molar-refractivity contribution in [1.82, 2.24) is 15.2 Å². The quantitative estimate of drug-likeness (QED) is 0.219. The number of hydrogen-bond acceptors (Lipinski definition) is 9. The van der Waals surface area contributed by atoms with Gasteiger partial charge in [-0.25, -0.2) is 9.59 Å². The average Bonchev–Trinajstić information content (AvgIpc) is 3.10. The number of amides is 2. The first-order chi connectivity index (χ1) is 24.3. The number of methoxy groups -OCH3 is 1. The van der Waals surface area contributed by atoms with Gasteiger partial charge in [-0.05, 0) is 104 Å². The topological polar surface area (TPSA) is 137 Å². The smallest absolute Gasteiger partial charge is 0.411 e. The minimum absolute atomic E-state index is 0.0705. The first-order valence-corrected chi connectivity index (χ1v) is 16.9. The van der Waals surface area contributed by atoms with Crippen LogP contribution in [0.25, 0.3) is 11.1 Å². The van der Waals surface area contributed by atoms with E-state index >= 15 is 0 Å². The van der Waals surface area contributed by atoms with Gasteiger partial charge in [0, 0.05) is 24.7 Å². The molecule has 2 aliphatic rings. The Hall–Kier alpha value is -5.58. The minimum Gasteiger partial charge on any atom is -0.508 e. The number of aromatic nitrogens is 1. The second-order valence-electron chi connectivity index (χ2n) is 14.0. The first-order valence-electron chi connectivity index (χ1n) is 16.9. The Labute approximate surface area is 297 Å². The third kappa shape index (κ3) is 7.93. The van der Waals surface area contributed by atoms with Crippen molar-refractivity contribution in [3.05, 3.63) is 106 Å². The van der Waals surface area contributed by atoms with Crippen LogP contribution in [0.2, 0.25) is 0 Å². The van der Waals surface area contributed by atoms with Gasteiger partial charge in [-0.15, -0.1) is 0 Å². The summed E-state index contributed by atoms with van der Waals surface area (Å²) in [5.41, 5.74) is 6.58. The summed E-state index contributed by atoms with van der Waals surface area (Å²) in [4.78, 5) is 46.4. The van der Waals surface area contributed by atoms with Crippen LogP contribution in [0, 0.1) is 13.8 Å². The van der Waals surface area contributed by atoms with E-state index < -0.39 is 41.8 Å². The van der Waals surface area contributed by atoms with Crippen LogP contribution in [-0.2, 0) is 38.4 Å². The Morgan fingerprint density at radius 2 is 1.71 bits per heavy atom. The lowest BCUT2D eigenvalue weighted by Gasteiger charge is -2.38. The molecule has 4 aromatic rings. The van der Waals surface area contributed by atoms with Gasteiger partial charge in [0.05, 0.1) is 13.7 Å². The number of fused-ring (bicyclic) bond motifs is 2. The minimum atomic E-state index is -1.00. The molecule has 0 bridgehead atoms. The maximum atomic E-state index is 14.1. The number of aromatic hydroxyl groups is 1. The van der Waals surface area contributed by atoms with E-state index in [4.69, 9.17) is 18.9 Å². The lowest BCUT2D eigenvalue weighted by atomic mass is 9.92. The van der Waals surface area contributed by atoms with E-state index in [1.807, 2.05) is 56.3 Å². The fourth-order valence-corrected chi connectivity index (χ4v) is 6.36. The summed E-state index contributed by atoms with van der Waals surface area (Å²) >= 11 is 0. The Morgan fingerprint density at radius 1 is 1.00 bits per heavy atom. The molecule has 51 heavy (non-hydrogen) atoms. The normalized spacial score (nSPS) is 17.2. The molecule has 6 rings (SSSR count). The van der Waals surface area contributed by atoms with E-state index in [0.717, 1.165) is 44.6 Å². The van der Waals surface area contributed by atoms with E-state index in [1.54, 1.807) is 51.2 Å². The molecule has 2 amide bonds. The molecule has 3 unspecified atom stereocenters. The lowest BCUT2D eigenvalue weighted by molar-refractivity contribution is -0.145. The number of carbonyl (C=O) groups excluding carboxylic acids is 3. The number of hydrogen-bond donors (Lipinski definition) is 2. The number of nitrogens with zero attached hydrogens (tertiary/aromatic N) is 2. The number of aryl methyl sites for hydroxylation is 1. The van der Waals surface area contributed by atoms with Crippen LogP contribution in [-0.4, -0.2) is 64.4 Å². The van der Waals surface area contributed by atoms with Crippen LogP contribution < -0.4 is 14.8 Å². The number of rotatable bonds is 7. The molecule has 0 fully saturated rings. The number of carbonyl (C=O) groups is 3. The predicted molar refractivity (Wildman–Crippen MR) is 189 cm³/mol. The van der Waals surface area contributed by atoms with E-state index in [9.17, 15) is 19.5 Å². The highest BCUT2D eigenvalue weighted by molar-refractivity contribution is 5.90. The van der Waals surface area contributed by atoms with Crippen LogP contribution in [0.4, 0.5) is 4.79 Å². The number of benzene rings is 3. The van der Waals surface area contributed by atoms with E-state index in [0.29, 0.717) is 11.5 Å². The number of pyridine rings is 1. The van der Waals surface area contributed by atoms with Crippen molar-refractivity contribution in [3.8, 4) is 28.4 Å². The van der Waals surface area contributed by atoms with Gasteiger partial charge >= 0.3 is 12.1 Å². The molecule has 3 atom stereocenters. The molecule has 0 saturated carbocycles. The van der Waals surface area contributed by atoms with Crippen LogP contribution in [0.1, 0.15) is 60.4 Å². The maximum Gasteiger partial charge on any atom is 0.411 e. The number of phenols is 1. The average molecular weight is 694 g/mol. The fourth-order valence-electron chi connectivity index (χ4n) is 6.36. The monoisotopic (exact) mass is 693 g/mol. The molecule has 0 aliphatic carbocycles. The molecule has 2 N–H and O–H groups in total. The van der Waals surface area contributed by atoms with Crippen molar-refractivity contribution in [2.75, 3.05) is 13.7 Å². The molecule has 0 spiro atoms. The van der Waals surface area contributed by atoms with E-state index in [-0.39, 0.29) is 31.7 Å². The SMILES string of the molecule is COC(=O)C(Cc1ccc(-c2ccnc(C)c2C)cc1)NC(=O)C1Cc2cc3c(cc2CN1C(=O)OC(C)(C)C)OC(c1ccc(O)cc1)CO3. The van der Waals surface area contributed by atoms with Gasteiger partial charge < -0.3 is 29.4 Å². The molecule has 3 aromatic carbocycles. The Kier molecular flexibility index (Phi) is 9.91. The molecule has 2 aliphatic heterocycles. The maximum absolute atomic E-state index is 14.1. The highest BCUT2D eigenvalue weighted by atomic mass is 16.6. The van der Waals surface area contributed by atoms with Crippen LogP contribution in [0.3, 0.4) is 0 Å². The number of esters is 1. The summed E-state index contributed by atoms with van der Waals surface area (Å²) in [6.45, 7) is 9.62. The van der Waals surface area contributed by atoms with Gasteiger partial charge in [0.25, 0.3) is 0 Å². The Bertz CT molecular complexity index is 1940. The Balaban J connectivity index is 1.23. The fraction of sp³-hybridized carbons (Fsp3) is 0.350. The van der Waals surface area contributed by atoms with Crippen molar-refractivity contribution < 1.29 is 38.4 Å². The second kappa shape index (κ2) is 14.3. The molecule has 0 radical (unpaired) electrons. The van der Waals surface area contributed by atoms with Gasteiger partial charge in [-0.3, -0.25) is 14.7 Å². The first kappa shape index (κ1) is 35.3. The van der Waals surface area contributed by atoms with Gasteiger partial charge in [-0.2, -0.15) is 0 Å². The summed E-state index contributed by atoms with van der Waals surface area (Å²) in [6, 6.07) is 18.2. The molecular formula is C40H43N3O8. The number of ether oxygens (including phenoxy) is 4. The highest BCUT2D eigenvalue weighted by Crippen LogP contribution is 2.41. The van der Waals surface area contributed by atoms with Crippen molar-refractivity contribution in [1.29, 1.82) is 0 Å². The molecule has 11 nitrogen and oxygen atoms in total. The van der Waals surface area contributed by atoms with Gasteiger partial charge in [-0.1, -0.05) is 36.4 Å². The van der Waals surface area contributed by atoms with Gasteiger partial charge in [0.1, 0.15) is 30.0 Å². The molecule has 3 heterocycles. The van der Waals surface area contributed by atoms with Crippen molar-refractivity contribution in [2.24, 2.45) is 0 Å².